The van der Waals surface area contributed by atoms with E-state index >= 15 is 0 Å². The molecule has 0 amide bonds. The van der Waals surface area contributed by atoms with Crippen LogP contribution in [-0.2, 0) is 6.54 Å². The number of rotatable bonds is 5. The number of aryl methyl sites for hydroxylation is 1. The van der Waals surface area contributed by atoms with Crippen molar-refractivity contribution in [2.45, 2.75) is 45.6 Å². The van der Waals surface area contributed by atoms with Crippen molar-refractivity contribution >= 4 is 5.69 Å². The van der Waals surface area contributed by atoms with Crippen LogP contribution < -0.4 is 10.5 Å². The Hall–Kier alpha value is -1.83. The summed E-state index contributed by atoms with van der Waals surface area (Å²) in [7, 11) is 0. The molecule has 1 aliphatic heterocycles. The summed E-state index contributed by atoms with van der Waals surface area (Å²) in [6.45, 7) is 4.88. The van der Waals surface area contributed by atoms with Crippen LogP contribution in [0.3, 0.4) is 0 Å². The van der Waals surface area contributed by atoms with Crippen molar-refractivity contribution in [2.75, 3.05) is 18.0 Å². The Morgan fingerprint density at radius 1 is 1.40 bits per heavy atom. The third-order valence-corrected chi connectivity index (χ3v) is 3.91. The second-order valence-corrected chi connectivity index (χ2v) is 5.56. The number of aromatic nitrogens is 2. The fourth-order valence-corrected chi connectivity index (χ4v) is 2.50. The maximum atomic E-state index is 12.0. The Morgan fingerprint density at radius 3 is 2.80 bits per heavy atom. The van der Waals surface area contributed by atoms with Gasteiger partial charge in [0.1, 0.15) is 0 Å². The molecule has 20 heavy (non-hydrogen) atoms. The topological polar surface area (TPSA) is 61.9 Å². The number of nitriles is 1. The molecule has 5 heteroatoms. The van der Waals surface area contributed by atoms with Gasteiger partial charge in [-0.05, 0) is 31.6 Å². The number of nitrogens with zero attached hydrogens (tertiary/aromatic N) is 4. The van der Waals surface area contributed by atoms with Crippen molar-refractivity contribution in [3.63, 3.8) is 0 Å². The first-order valence-electron chi connectivity index (χ1n) is 7.40. The lowest BCUT2D eigenvalue weighted by Crippen LogP contribution is -2.34. The van der Waals surface area contributed by atoms with Crippen LogP contribution >= 0.6 is 0 Å². The van der Waals surface area contributed by atoms with Crippen LogP contribution in [0.1, 0.15) is 39.0 Å². The molecule has 0 unspecified atom stereocenters. The molecule has 1 aromatic rings. The van der Waals surface area contributed by atoms with Crippen molar-refractivity contribution in [3.05, 3.63) is 22.6 Å². The molecule has 0 aromatic carbocycles. The van der Waals surface area contributed by atoms with Crippen LogP contribution in [0.15, 0.2) is 17.1 Å². The SMILES string of the molecule is CC1CCN(c2cnn(CCCCC#N)c(=O)c2)CC1. The van der Waals surface area contributed by atoms with Gasteiger partial charge in [0, 0.05) is 32.1 Å². The summed E-state index contributed by atoms with van der Waals surface area (Å²) >= 11 is 0. The molecule has 2 heterocycles. The Labute approximate surface area is 119 Å². The largest absolute Gasteiger partial charge is 0.370 e. The number of hydrogen-bond acceptors (Lipinski definition) is 4. The first-order chi connectivity index (χ1) is 9.70. The summed E-state index contributed by atoms with van der Waals surface area (Å²) < 4.78 is 1.49. The van der Waals surface area contributed by atoms with Crippen LogP contribution in [0.5, 0.6) is 0 Å². The molecule has 0 aliphatic carbocycles. The molecular weight excluding hydrogens is 252 g/mol. The molecular formula is C15H22N4O. The van der Waals surface area contributed by atoms with E-state index in [1.165, 1.54) is 17.5 Å². The number of anilines is 1. The Morgan fingerprint density at radius 2 is 2.15 bits per heavy atom. The summed E-state index contributed by atoms with van der Waals surface area (Å²) in [6.07, 6.45) is 6.33. The molecule has 108 valence electrons. The first kappa shape index (κ1) is 14.6. The monoisotopic (exact) mass is 274 g/mol. The number of piperidine rings is 1. The minimum absolute atomic E-state index is 0.0434. The Bertz CT molecular complexity index is 523. The van der Waals surface area contributed by atoms with Crippen molar-refractivity contribution < 1.29 is 0 Å². The highest BCUT2D eigenvalue weighted by atomic mass is 16.1. The molecule has 0 bridgehead atoms. The number of unbranched alkanes of at least 4 members (excludes halogenated alkanes) is 2. The summed E-state index contributed by atoms with van der Waals surface area (Å²) in [5.74, 6) is 0.778. The molecule has 0 N–H and O–H groups in total. The van der Waals surface area contributed by atoms with Gasteiger partial charge < -0.3 is 4.90 Å². The minimum atomic E-state index is -0.0434. The second kappa shape index (κ2) is 7.09. The van der Waals surface area contributed by atoms with E-state index in [9.17, 15) is 4.79 Å². The van der Waals surface area contributed by atoms with Crippen LogP contribution in [0.2, 0.25) is 0 Å². The van der Waals surface area contributed by atoms with Crippen LogP contribution in [0, 0.1) is 17.2 Å². The number of hydrogen-bond donors (Lipinski definition) is 0. The maximum absolute atomic E-state index is 12.0. The van der Waals surface area contributed by atoms with E-state index in [0.29, 0.717) is 13.0 Å². The first-order valence-corrected chi connectivity index (χ1v) is 7.40. The van der Waals surface area contributed by atoms with Gasteiger partial charge >= 0.3 is 0 Å². The molecule has 1 aliphatic rings. The van der Waals surface area contributed by atoms with Crippen LogP contribution in [0.4, 0.5) is 5.69 Å². The molecule has 0 saturated carbocycles. The molecule has 1 saturated heterocycles. The third kappa shape index (κ3) is 3.83. The molecule has 1 aromatic heterocycles. The van der Waals surface area contributed by atoms with E-state index in [2.05, 4.69) is 23.0 Å². The normalized spacial score (nSPS) is 16.1. The fraction of sp³-hybridized carbons (Fsp3) is 0.667. The highest BCUT2D eigenvalue weighted by Crippen LogP contribution is 2.20. The van der Waals surface area contributed by atoms with E-state index in [0.717, 1.165) is 37.5 Å². The van der Waals surface area contributed by atoms with Crippen LogP contribution in [0.25, 0.3) is 0 Å². The second-order valence-electron chi connectivity index (χ2n) is 5.56. The standard InChI is InChI=1S/C15H22N4O/c1-13-5-9-18(10-6-13)14-11-15(20)19(17-12-14)8-4-2-3-7-16/h11-13H,2-6,8-10H2,1H3. The van der Waals surface area contributed by atoms with Gasteiger partial charge in [-0.1, -0.05) is 6.92 Å². The molecule has 0 spiro atoms. The van der Waals surface area contributed by atoms with Gasteiger partial charge in [0.2, 0.25) is 0 Å². The predicted octanol–water partition coefficient (Wildman–Crippen LogP) is 2.17. The molecule has 2 rings (SSSR count). The van der Waals surface area contributed by atoms with Crippen molar-refractivity contribution in [3.8, 4) is 6.07 Å². The highest BCUT2D eigenvalue weighted by Gasteiger charge is 2.16. The van der Waals surface area contributed by atoms with E-state index in [1.807, 2.05) is 0 Å². The Balaban J connectivity index is 1.95. The van der Waals surface area contributed by atoms with E-state index in [-0.39, 0.29) is 5.56 Å². The van der Waals surface area contributed by atoms with Crippen molar-refractivity contribution in [1.82, 2.24) is 9.78 Å². The van der Waals surface area contributed by atoms with E-state index < -0.39 is 0 Å². The Kier molecular flexibility index (Phi) is 5.16. The summed E-state index contributed by atoms with van der Waals surface area (Å²) in [4.78, 5) is 14.3. The zero-order chi connectivity index (χ0) is 14.4. The maximum Gasteiger partial charge on any atom is 0.268 e. The van der Waals surface area contributed by atoms with E-state index in [1.54, 1.807) is 12.3 Å². The zero-order valence-electron chi connectivity index (χ0n) is 12.1. The predicted molar refractivity (Wildman–Crippen MR) is 78.6 cm³/mol. The average molecular weight is 274 g/mol. The quantitative estimate of drug-likeness (QED) is 0.772. The van der Waals surface area contributed by atoms with Gasteiger partial charge in [-0.3, -0.25) is 4.79 Å². The summed E-state index contributed by atoms with van der Waals surface area (Å²) in [6, 6.07) is 3.80. The van der Waals surface area contributed by atoms with Crippen molar-refractivity contribution in [2.24, 2.45) is 5.92 Å². The third-order valence-electron chi connectivity index (χ3n) is 3.91. The summed E-state index contributed by atoms with van der Waals surface area (Å²) in [5, 5.41) is 12.7. The lowest BCUT2D eigenvalue weighted by atomic mass is 9.99. The van der Waals surface area contributed by atoms with Gasteiger partial charge in [-0.2, -0.15) is 10.4 Å². The van der Waals surface area contributed by atoms with Gasteiger partial charge in [0.05, 0.1) is 18.0 Å². The molecule has 1 fully saturated rings. The van der Waals surface area contributed by atoms with Gasteiger partial charge in [-0.25, -0.2) is 4.68 Å². The minimum Gasteiger partial charge on any atom is -0.370 e. The summed E-state index contributed by atoms with van der Waals surface area (Å²) in [5.41, 5.74) is 0.897. The van der Waals surface area contributed by atoms with Gasteiger partial charge in [-0.15, -0.1) is 0 Å². The van der Waals surface area contributed by atoms with Gasteiger partial charge in [0.15, 0.2) is 0 Å². The smallest absolute Gasteiger partial charge is 0.268 e. The average Bonchev–Trinajstić information content (AvgIpc) is 2.46. The molecule has 5 nitrogen and oxygen atoms in total. The highest BCUT2D eigenvalue weighted by molar-refractivity contribution is 5.43. The van der Waals surface area contributed by atoms with Crippen LogP contribution in [-0.4, -0.2) is 22.9 Å². The zero-order valence-corrected chi connectivity index (χ0v) is 12.1. The van der Waals surface area contributed by atoms with E-state index in [4.69, 9.17) is 5.26 Å². The fourth-order valence-electron chi connectivity index (χ4n) is 2.50. The lowest BCUT2D eigenvalue weighted by molar-refractivity contribution is 0.437. The molecule has 0 atom stereocenters. The van der Waals surface area contributed by atoms with Crippen molar-refractivity contribution in [1.29, 1.82) is 5.26 Å². The van der Waals surface area contributed by atoms with Gasteiger partial charge in [0.25, 0.3) is 5.56 Å². The molecule has 0 radical (unpaired) electrons. The lowest BCUT2D eigenvalue weighted by Gasteiger charge is -2.31.